The Bertz CT molecular complexity index is 1160. The lowest BCUT2D eigenvalue weighted by atomic mass is 9.97. The summed E-state index contributed by atoms with van der Waals surface area (Å²) in [7, 11) is 0. The maximum atomic E-state index is 12.5. The highest BCUT2D eigenvalue weighted by atomic mass is 35.5. The van der Waals surface area contributed by atoms with Gasteiger partial charge >= 0.3 is 0 Å². The van der Waals surface area contributed by atoms with E-state index in [0.717, 1.165) is 30.6 Å². The van der Waals surface area contributed by atoms with E-state index in [-0.39, 0.29) is 23.4 Å². The highest BCUT2D eigenvalue weighted by Gasteiger charge is 2.14. The minimum absolute atomic E-state index is 0.122. The zero-order chi connectivity index (χ0) is 23.8. The van der Waals surface area contributed by atoms with E-state index in [0.29, 0.717) is 33.6 Å². The third-order valence-electron chi connectivity index (χ3n) is 5.36. The molecule has 0 aliphatic heterocycles. The summed E-state index contributed by atoms with van der Waals surface area (Å²) < 4.78 is 5.63. The predicted molar refractivity (Wildman–Crippen MR) is 134 cm³/mol. The van der Waals surface area contributed by atoms with Crippen molar-refractivity contribution in [2.24, 2.45) is 0 Å². The van der Waals surface area contributed by atoms with Crippen LogP contribution in [0.2, 0.25) is 5.02 Å². The fraction of sp³-hybridized carbons (Fsp3) is 0.280. The molecule has 2 aromatic carbocycles. The third kappa shape index (κ3) is 6.88. The monoisotopic (exact) mass is 496 g/mol. The van der Waals surface area contributed by atoms with Crippen molar-refractivity contribution in [3.8, 4) is 5.75 Å². The first-order valence-corrected chi connectivity index (χ1v) is 12.3. The van der Waals surface area contributed by atoms with Gasteiger partial charge in [-0.1, -0.05) is 34.6 Å². The van der Waals surface area contributed by atoms with Crippen LogP contribution in [0.25, 0.3) is 0 Å². The first-order valence-electron chi connectivity index (χ1n) is 11.1. The van der Waals surface area contributed by atoms with Crippen molar-refractivity contribution >= 4 is 40.4 Å². The Labute approximate surface area is 207 Å². The molecule has 3 aromatic rings. The molecule has 0 unspecified atom stereocenters. The van der Waals surface area contributed by atoms with E-state index < -0.39 is 0 Å². The van der Waals surface area contributed by atoms with Crippen molar-refractivity contribution < 1.29 is 14.3 Å². The number of aromatic nitrogens is 2. The average molecular weight is 497 g/mol. The normalized spacial score (nSPS) is 13.1. The maximum absolute atomic E-state index is 12.5. The Morgan fingerprint density at radius 3 is 2.53 bits per heavy atom. The molecular weight excluding hydrogens is 472 g/mol. The Kier molecular flexibility index (Phi) is 8.27. The lowest BCUT2D eigenvalue weighted by molar-refractivity contribution is 0.0953. The molecule has 0 radical (unpaired) electrons. The van der Waals surface area contributed by atoms with Gasteiger partial charge in [0.05, 0.1) is 0 Å². The quantitative estimate of drug-likeness (QED) is 0.374. The Balaban J connectivity index is 1.24. The summed E-state index contributed by atoms with van der Waals surface area (Å²) >= 11 is 7.02. The number of ether oxygens (including phenoxy) is 1. The van der Waals surface area contributed by atoms with Crippen molar-refractivity contribution in [1.29, 1.82) is 0 Å². The number of benzene rings is 2. The largest absolute Gasteiger partial charge is 0.486 e. The van der Waals surface area contributed by atoms with Crippen LogP contribution < -0.4 is 15.4 Å². The van der Waals surface area contributed by atoms with Gasteiger partial charge in [0.15, 0.2) is 5.01 Å². The molecule has 9 heteroatoms. The number of carbonyl (C=O) groups excluding carboxylic acids is 2. The molecule has 7 nitrogen and oxygen atoms in total. The molecule has 34 heavy (non-hydrogen) atoms. The van der Waals surface area contributed by atoms with Crippen molar-refractivity contribution in [3.05, 3.63) is 80.8 Å². The van der Waals surface area contributed by atoms with Gasteiger partial charge in [-0.2, -0.15) is 0 Å². The van der Waals surface area contributed by atoms with Gasteiger partial charge in [-0.05, 0) is 80.6 Å². The van der Waals surface area contributed by atoms with Gasteiger partial charge in [-0.25, -0.2) is 0 Å². The molecule has 0 spiro atoms. The fourth-order valence-corrected chi connectivity index (χ4v) is 4.31. The average Bonchev–Trinajstić information content (AvgIpc) is 3.34. The van der Waals surface area contributed by atoms with Crippen molar-refractivity contribution in [2.45, 2.75) is 38.7 Å². The zero-order valence-corrected chi connectivity index (χ0v) is 20.1. The van der Waals surface area contributed by atoms with Gasteiger partial charge in [0.2, 0.25) is 5.01 Å². The minimum atomic E-state index is -0.367. The Morgan fingerprint density at radius 2 is 1.79 bits per heavy atom. The number of hydrogen-bond donors (Lipinski definition) is 2. The number of anilines is 1. The van der Waals surface area contributed by atoms with Gasteiger partial charge in [0, 0.05) is 22.8 Å². The molecule has 2 amide bonds. The molecule has 1 aliphatic carbocycles. The molecule has 1 aliphatic rings. The number of amides is 2. The van der Waals surface area contributed by atoms with Crippen LogP contribution in [0.5, 0.6) is 5.75 Å². The van der Waals surface area contributed by atoms with Gasteiger partial charge in [-0.15, -0.1) is 10.2 Å². The summed E-state index contributed by atoms with van der Waals surface area (Å²) in [6.07, 6.45) is 7.97. The third-order valence-corrected chi connectivity index (χ3v) is 6.51. The maximum Gasteiger partial charge on any atom is 0.286 e. The van der Waals surface area contributed by atoms with Crippen LogP contribution in [0.1, 0.15) is 57.3 Å². The summed E-state index contributed by atoms with van der Waals surface area (Å²) in [5.41, 5.74) is 2.55. The first-order chi connectivity index (χ1) is 16.6. The molecule has 1 aromatic heterocycles. The van der Waals surface area contributed by atoms with E-state index in [1.165, 1.54) is 18.4 Å². The van der Waals surface area contributed by atoms with Gasteiger partial charge in [-0.3, -0.25) is 9.59 Å². The molecule has 0 atom stereocenters. The molecular formula is C25H25ClN4O3S. The topological polar surface area (TPSA) is 93.2 Å². The van der Waals surface area contributed by atoms with Crippen molar-refractivity contribution in [3.63, 3.8) is 0 Å². The number of hydrogen-bond acceptors (Lipinski definition) is 6. The van der Waals surface area contributed by atoms with E-state index in [2.05, 4.69) is 26.9 Å². The number of nitrogens with one attached hydrogen (secondary N) is 2. The molecule has 0 saturated carbocycles. The van der Waals surface area contributed by atoms with Gasteiger partial charge < -0.3 is 15.4 Å². The van der Waals surface area contributed by atoms with Gasteiger partial charge in [0.1, 0.15) is 12.4 Å². The molecule has 0 fully saturated rings. The van der Waals surface area contributed by atoms with Crippen LogP contribution in [-0.2, 0) is 6.61 Å². The zero-order valence-electron chi connectivity index (χ0n) is 18.6. The summed E-state index contributed by atoms with van der Waals surface area (Å²) in [4.78, 5) is 24.9. The molecule has 0 saturated heterocycles. The number of nitrogens with zero attached hydrogens (tertiary/aromatic N) is 2. The summed E-state index contributed by atoms with van der Waals surface area (Å²) in [6.45, 7) is 0.831. The van der Waals surface area contributed by atoms with Crippen molar-refractivity contribution in [2.75, 3.05) is 11.9 Å². The number of allylic oxidation sites excluding steroid dienone is 1. The van der Waals surface area contributed by atoms with E-state index in [4.69, 9.17) is 16.3 Å². The standard InChI is InChI=1S/C25H25ClN4O3S/c26-19-8-12-21(13-9-19)33-16-22-29-30-25(34-22)24(32)28-20-10-6-18(7-11-20)23(31)27-15-14-17-4-2-1-3-5-17/h4,6-13H,1-3,5,14-16H2,(H,27,31)(H,28,32). The van der Waals surface area contributed by atoms with E-state index >= 15 is 0 Å². The molecule has 176 valence electrons. The lowest BCUT2D eigenvalue weighted by Gasteiger charge is -2.13. The molecule has 4 rings (SSSR count). The van der Waals surface area contributed by atoms with Crippen LogP contribution in [0, 0.1) is 0 Å². The second-order valence-electron chi connectivity index (χ2n) is 7.89. The molecule has 1 heterocycles. The van der Waals surface area contributed by atoms with Crippen LogP contribution in [0.3, 0.4) is 0 Å². The fourth-order valence-electron chi connectivity index (χ4n) is 3.54. The van der Waals surface area contributed by atoms with Crippen molar-refractivity contribution in [1.82, 2.24) is 15.5 Å². The Morgan fingerprint density at radius 1 is 1.00 bits per heavy atom. The van der Waals surface area contributed by atoms with E-state index in [9.17, 15) is 9.59 Å². The Hall–Kier alpha value is -3.23. The second kappa shape index (κ2) is 11.8. The van der Waals surface area contributed by atoms with Crippen LogP contribution in [-0.4, -0.2) is 28.6 Å². The minimum Gasteiger partial charge on any atom is -0.486 e. The van der Waals surface area contributed by atoms with E-state index in [1.54, 1.807) is 48.5 Å². The predicted octanol–water partition coefficient (Wildman–Crippen LogP) is 5.64. The van der Waals surface area contributed by atoms with E-state index in [1.807, 2.05) is 0 Å². The SMILES string of the molecule is O=C(NCCC1=CCCCC1)c1ccc(NC(=O)c2nnc(COc3ccc(Cl)cc3)s2)cc1. The smallest absolute Gasteiger partial charge is 0.286 e. The summed E-state index contributed by atoms with van der Waals surface area (Å²) in [5.74, 6) is 0.165. The molecule has 2 N–H and O–H groups in total. The second-order valence-corrected chi connectivity index (χ2v) is 9.39. The highest BCUT2D eigenvalue weighted by molar-refractivity contribution is 7.13. The molecule has 0 bridgehead atoms. The van der Waals surface area contributed by atoms with Gasteiger partial charge in [0.25, 0.3) is 11.8 Å². The number of halogens is 1. The van der Waals surface area contributed by atoms with Crippen LogP contribution in [0.4, 0.5) is 5.69 Å². The first kappa shape index (κ1) is 23.9. The summed E-state index contributed by atoms with van der Waals surface area (Å²) in [6, 6.07) is 13.8. The number of carbonyl (C=O) groups is 2. The van der Waals surface area contributed by atoms with Crippen LogP contribution >= 0.6 is 22.9 Å². The van der Waals surface area contributed by atoms with Crippen LogP contribution in [0.15, 0.2) is 60.2 Å². The lowest BCUT2D eigenvalue weighted by Crippen LogP contribution is -2.24. The summed E-state index contributed by atoms with van der Waals surface area (Å²) in [5, 5.41) is 15.1. The number of rotatable bonds is 9. The highest BCUT2D eigenvalue weighted by Crippen LogP contribution is 2.20.